The van der Waals surface area contributed by atoms with Gasteiger partial charge in [-0.2, -0.15) is 11.8 Å². The normalized spacial score (nSPS) is 18.4. The first-order valence-electron chi connectivity index (χ1n) is 7.47. The number of imidazole rings is 1. The van der Waals surface area contributed by atoms with E-state index in [-0.39, 0.29) is 18.4 Å². The Morgan fingerprint density at radius 2 is 2.29 bits per heavy atom. The Bertz CT molecular complexity index is 805. The number of nitrogens with zero attached hydrogens (tertiary/aromatic N) is 3. The smallest absolute Gasteiger partial charge is 0.305 e. The Hall–Kier alpha value is -1.99. The van der Waals surface area contributed by atoms with Gasteiger partial charge in [0.1, 0.15) is 5.65 Å². The van der Waals surface area contributed by atoms with Crippen molar-refractivity contribution in [2.45, 2.75) is 12.5 Å². The van der Waals surface area contributed by atoms with Gasteiger partial charge in [-0.15, -0.1) is 0 Å². The van der Waals surface area contributed by atoms with E-state index >= 15 is 0 Å². The second-order valence-electron chi connectivity index (χ2n) is 5.41. The molecule has 1 amide bonds. The van der Waals surface area contributed by atoms with Crippen LogP contribution in [0.4, 0.5) is 0 Å². The van der Waals surface area contributed by atoms with Gasteiger partial charge < -0.3 is 10.0 Å². The minimum atomic E-state index is -0.894. The van der Waals surface area contributed by atoms with Crippen molar-refractivity contribution in [2.24, 2.45) is 0 Å². The summed E-state index contributed by atoms with van der Waals surface area (Å²) >= 11 is 7.82. The Morgan fingerprint density at radius 1 is 1.46 bits per heavy atom. The van der Waals surface area contributed by atoms with Crippen LogP contribution in [-0.4, -0.2) is 55.4 Å². The SMILES string of the molecule is O=C(O)CC1CSCCN1C(=O)/C=C/c1c(Cl)nc2ccccn12. The summed E-state index contributed by atoms with van der Waals surface area (Å²) in [6.45, 7) is 0.548. The molecule has 0 aliphatic carbocycles. The minimum absolute atomic E-state index is 0.0387. The highest BCUT2D eigenvalue weighted by Crippen LogP contribution is 2.21. The van der Waals surface area contributed by atoms with Crippen molar-refractivity contribution in [1.29, 1.82) is 0 Å². The molecule has 2 aromatic heterocycles. The second-order valence-corrected chi connectivity index (χ2v) is 6.92. The van der Waals surface area contributed by atoms with Gasteiger partial charge in [0.15, 0.2) is 5.15 Å². The van der Waals surface area contributed by atoms with Crippen molar-refractivity contribution in [1.82, 2.24) is 14.3 Å². The van der Waals surface area contributed by atoms with Crippen LogP contribution in [0.5, 0.6) is 0 Å². The molecule has 1 unspecified atom stereocenters. The standard InChI is InChI=1S/C16H16ClN3O3S/c17-16-12(20-6-2-1-3-13(20)18-16)4-5-14(21)19-7-8-24-10-11(19)9-15(22)23/h1-6,11H,7-10H2,(H,22,23)/b5-4+. The topological polar surface area (TPSA) is 74.9 Å². The number of hydrogen-bond acceptors (Lipinski definition) is 4. The van der Waals surface area contributed by atoms with Gasteiger partial charge in [0.25, 0.3) is 0 Å². The number of halogens is 1. The van der Waals surface area contributed by atoms with E-state index in [9.17, 15) is 9.59 Å². The van der Waals surface area contributed by atoms with Crippen LogP contribution in [0.3, 0.4) is 0 Å². The molecule has 1 saturated heterocycles. The third kappa shape index (κ3) is 3.57. The average molecular weight is 366 g/mol. The maximum Gasteiger partial charge on any atom is 0.305 e. The number of fused-ring (bicyclic) bond motifs is 1. The van der Waals surface area contributed by atoms with Gasteiger partial charge in [0, 0.05) is 30.3 Å². The van der Waals surface area contributed by atoms with Crippen molar-refractivity contribution in [3.8, 4) is 0 Å². The summed E-state index contributed by atoms with van der Waals surface area (Å²) in [6.07, 6.45) is 4.85. The summed E-state index contributed by atoms with van der Waals surface area (Å²) in [5.74, 6) is 0.353. The molecule has 1 aliphatic heterocycles. The average Bonchev–Trinajstić information content (AvgIpc) is 2.88. The highest BCUT2D eigenvalue weighted by molar-refractivity contribution is 7.99. The molecule has 0 radical (unpaired) electrons. The van der Waals surface area contributed by atoms with Gasteiger partial charge in [-0.1, -0.05) is 17.7 Å². The van der Waals surface area contributed by atoms with E-state index < -0.39 is 5.97 Å². The Morgan fingerprint density at radius 3 is 3.08 bits per heavy atom. The molecular formula is C16H16ClN3O3S. The van der Waals surface area contributed by atoms with E-state index in [1.807, 2.05) is 24.4 Å². The molecule has 1 fully saturated rings. The molecule has 2 aromatic rings. The monoisotopic (exact) mass is 365 g/mol. The summed E-state index contributed by atoms with van der Waals surface area (Å²) in [6, 6.07) is 5.26. The summed E-state index contributed by atoms with van der Waals surface area (Å²) in [5, 5.41) is 9.33. The van der Waals surface area contributed by atoms with E-state index in [1.165, 1.54) is 6.08 Å². The number of hydrogen-bond donors (Lipinski definition) is 1. The first-order chi connectivity index (χ1) is 11.6. The number of amides is 1. The number of carboxylic acids is 1. The molecule has 6 nitrogen and oxygen atoms in total. The second kappa shape index (κ2) is 7.27. The van der Waals surface area contributed by atoms with Gasteiger partial charge in [-0.3, -0.25) is 14.0 Å². The summed E-state index contributed by atoms with van der Waals surface area (Å²) < 4.78 is 1.80. The summed E-state index contributed by atoms with van der Waals surface area (Å²) in [7, 11) is 0. The van der Waals surface area contributed by atoms with E-state index in [4.69, 9.17) is 16.7 Å². The zero-order chi connectivity index (χ0) is 17.1. The number of rotatable bonds is 4. The quantitative estimate of drug-likeness (QED) is 0.842. The fourth-order valence-corrected chi connectivity index (χ4v) is 4.00. The van der Waals surface area contributed by atoms with Crippen molar-refractivity contribution in [3.63, 3.8) is 0 Å². The van der Waals surface area contributed by atoms with E-state index in [0.717, 1.165) is 5.75 Å². The molecule has 3 rings (SSSR count). The Balaban J connectivity index is 1.80. The van der Waals surface area contributed by atoms with Crippen LogP contribution >= 0.6 is 23.4 Å². The highest BCUT2D eigenvalue weighted by atomic mass is 35.5. The van der Waals surface area contributed by atoms with Crippen LogP contribution in [0.1, 0.15) is 12.1 Å². The lowest BCUT2D eigenvalue weighted by atomic mass is 10.2. The van der Waals surface area contributed by atoms with Crippen LogP contribution < -0.4 is 0 Å². The number of carbonyl (C=O) groups is 2. The molecule has 0 spiro atoms. The first kappa shape index (κ1) is 16.9. The summed E-state index contributed by atoms with van der Waals surface area (Å²) in [4.78, 5) is 29.3. The fourth-order valence-electron chi connectivity index (χ4n) is 2.70. The van der Waals surface area contributed by atoms with Crippen LogP contribution in [0.25, 0.3) is 11.7 Å². The molecule has 1 N–H and O–H groups in total. The van der Waals surface area contributed by atoms with Crippen LogP contribution in [-0.2, 0) is 9.59 Å². The summed E-state index contributed by atoms with van der Waals surface area (Å²) in [5.41, 5.74) is 1.33. The van der Waals surface area contributed by atoms with Crippen molar-refractivity contribution in [2.75, 3.05) is 18.1 Å². The van der Waals surface area contributed by atoms with Crippen LogP contribution in [0.2, 0.25) is 5.15 Å². The van der Waals surface area contributed by atoms with Gasteiger partial charge in [0.2, 0.25) is 5.91 Å². The first-order valence-corrected chi connectivity index (χ1v) is 9.00. The number of carbonyl (C=O) groups excluding carboxylic acids is 1. The fraction of sp³-hybridized carbons (Fsp3) is 0.312. The van der Waals surface area contributed by atoms with Crippen molar-refractivity contribution < 1.29 is 14.7 Å². The maximum atomic E-state index is 12.5. The van der Waals surface area contributed by atoms with Crippen LogP contribution in [0.15, 0.2) is 30.5 Å². The maximum absolute atomic E-state index is 12.5. The largest absolute Gasteiger partial charge is 0.481 e. The van der Waals surface area contributed by atoms with Gasteiger partial charge in [-0.25, -0.2) is 4.98 Å². The van der Waals surface area contributed by atoms with Gasteiger partial charge in [0.05, 0.1) is 18.2 Å². The van der Waals surface area contributed by atoms with Crippen molar-refractivity contribution >= 4 is 47.0 Å². The zero-order valence-electron chi connectivity index (χ0n) is 12.8. The Labute approximate surface area is 148 Å². The molecule has 8 heteroatoms. The molecule has 3 heterocycles. The number of aromatic nitrogens is 2. The number of thioether (sulfide) groups is 1. The van der Waals surface area contributed by atoms with E-state index in [1.54, 1.807) is 27.1 Å². The van der Waals surface area contributed by atoms with Gasteiger partial charge in [-0.05, 0) is 18.2 Å². The molecule has 0 aromatic carbocycles. The van der Waals surface area contributed by atoms with E-state index in [2.05, 4.69) is 4.98 Å². The van der Waals surface area contributed by atoms with Crippen LogP contribution in [0, 0.1) is 0 Å². The lowest BCUT2D eigenvalue weighted by Crippen LogP contribution is -2.46. The predicted octanol–water partition coefficient (Wildman–Crippen LogP) is 2.42. The Kier molecular flexibility index (Phi) is 5.11. The molecule has 24 heavy (non-hydrogen) atoms. The van der Waals surface area contributed by atoms with Crippen molar-refractivity contribution in [3.05, 3.63) is 41.3 Å². The molecule has 1 aliphatic rings. The highest BCUT2D eigenvalue weighted by Gasteiger charge is 2.27. The molecule has 0 saturated carbocycles. The molecule has 126 valence electrons. The lowest BCUT2D eigenvalue weighted by Gasteiger charge is -2.33. The number of aliphatic carboxylic acids is 1. The molecule has 0 bridgehead atoms. The molecular weight excluding hydrogens is 350 g/mol. The predicted molar refractivity (Wildman–Crippen MR) is 94.3 cm³/mol. The zero-order valence-corrected chi connectivity index (χ0v) is 14.3. The number of pyridine rings is 1. The third-order valence-corrected chi connectivity index (χ3v) is 5.20. The minimum Gasteiger partial charge on any atom is -0.481 e. The van der Waals surface area contributed by atoms with Gasteiger partial charge >= 0.3 is 5.97 Å². The lowest BCUT2D eigenvalue weighted by molar-refractivity contribution is -0.139. The van der Waals surface area contributed by atoms with E-state index in [0.29, 0.717) is 28.8 Å². The number of carboxylic acid groups (broad SMARTS) is 1. The third-order valence-electron chi connectivity index (χ3n) is 3.83. The molecule has 1 atom stereocenters.